The average Bonchev–Trinajstić information content (AvgIpc) is 2.45. The molecule has 0 amide bonds. The number of anilines is 1. The molecule has 0 fully saturated rings. The van der Waals surface area contributed by atoms with Crippen LogP contribution >= 0.6 is 11.6 Å². The van der Waals surface area contributed by atoms with Crippen molar-refractivity contribution in [3.63, 3.8) is 0 Å². The average molecular weight is 318 g/mol. The van der Waals surface area contributed by atoms with Gasteiger partial charge in [0.2, 0.25) is 11.6 Å². The second-order valence-corrected chi connectivity index (χ2v) is 4.45. The maximum atomic E-state index is 13.4. The molecule has 0 spiro atoms. The molecular weight excluding hydrogens is 310 g/mol. The van der Waals surface area contributed by atoms with Gasteiger partial charge < -0.3 is 0 Å². The van der Waals surface area contributed by atoms with Crippen LogP contribution in [0.3, 0.4) is 0 Å². The summed E-state index contributed by atoms with van der Waals surface area (Å²) in [5.74, 6) is -6.83. The molecule has 0 saturated carbocycles. The summed E-state index contributed by atoms with van der Waals surface area (Å²) in [5.41, 5.74) is 1.79. The first-order valence-electron chi connectivity index (χ1n) is 5.66. The highest BCUT2D eigenvalue weighted by atomic mass is 35.5. The predicted molar refractivity (Wildman–Crippen MR) is 71.4 cm³/mol. The number of nitrogens with zero attached hydrogens (tertiary/aromatic N) is 2. The lowest BCUT2D eigenvalue weighted by Gasteiger charge is -2.07. The molecule has 2 aromatic rings. The Morgan fingerprint density at radius 1 is 1.14 bits per heavy atom. The number of nitrogens with one attached hydrogen (secondary N) is 1. The number of hydrogen-bond donors (Lipinski definition) is 1. The van der Waals surface area contributed by atoms with Crippen molar-refractivity contribution in [2.75, 3.05) is 5.43 Å². The molecule has 8 heteroatoms. The van der Waals surface area contributed by atoms with Gasteiger partial charge in [0.05, 0.1) is 5.71 Å². The molecule has 0 radical (unpaired) electrons. The van der Waals surface area contributed by atoms with E-state index >= 15 is 0 Å². The summed E-state index contributed by atoms with van der Waals surface area (Å²) in [4.78, 5) is 2.44. The maximum Gasteiger partial charge on any atom is 0.254 e. The Bertz CT molecular complexity index is 693. The summed E-state index contributed by atoms with van der Waals surface area (Å²) in [6.45, 7) is 1.53. The van der Waals surface area contributed by atoms with E-state index in [0.29, 0.717) is 16.3 Å². The second-order valence-electron chi connectivity index (χ2n) is 4.02. The lowest BCUT2D eigenvalue weighted by Crippen LogP contribution is -2.07. The van der Waals surface area contributed by atoms with Crippen molar-refractivity contribution in [3.05, 3.63) is 58.4 Å². The van der Waals surface area contributed by atoms with Crippen molar-refractivity contribution < 1.29 is 17.6 Å². The summed E-state index contributed by atoms with van der Waals surface area (Å²) < 4.78 is 52.6. The molecule has 3 nitrogen and oxygen atoms in total. The minimum atomic E-state index is -1.76. The number of hydrazone groups is 1. The van der Waals surface area contributed by atoms with E-state index in [4.69, 9.17) is 11.6 Å². The highest BCUT2D eigenvalue weighted by Crippen LogP contribution is 2.22. The first-order valence-corrected chi connectivity index (χ1v) is 6.04. The van der Waals surface area contributed by atoms with E-state index in [1.165, 1.54) is 6.92 Å². The molecular formula is C13H8ClF4N3. The Morgan fingerprint density at radius 2 is 1.76 bits per heavy atom. The van der Waals surface area contributed by atoms with E-state index in [2.05, 4.69) is 10.1 Å². The van der Waals surface area contributed by atoms with Crippen LogP contribution in [0.1, 0.15) is 12.5 Å². The van der Waals surface area contributed by atoms with Crippen LogP contribution in [0, 0.1) is 23.5 Å². The molecule has 21 heavy (non-hydrogen) atoms. The van der Waals surface area contributed by atoms with Gasteiger partial charge in [0.15, 0.2) is 0 Å². The summed E-state index contributed by atoms with van der Waals surface area (Å²) >= 11 is 5.80. The number of benzene rings is 1. The molecule has 0 aliphatic carbocycles. The predicted octanol–water partition coefficient (Wildman–Crippen LogP) is 4.13. The molecule has 1 aromatic carbocycles. The smallest absolute Gasteiger partial charge is 0.254 e. The number of hydrogen-bond acceptors (Lipinski definition) is 3. The van der Waals surface area contributed by atoms with Crippen molar-refractivity contribution >= 4 is 23.0 Å². The summed E-state index contributed by atoms with van der Waals surface area (Å²) in [7, 11) is 0. The van der Waals surface area contributed by atoms with Crippen LogP contribution in [-0.4, -0.2) is 10.7 Å². The minimum Gasteiger partial charge on any atom is -0.272 e. The van der Waals surface area contributed by atoms with Gasteiger partial charge in [-0.3, -0.25) is 5.43 Å². The number of pyridine rings is 1. The third kappa shape index (κ3) is 3.30. The van der Waals surface area contributed by atoms with E-state index in [1.807, 2.05) is 5.43 Å². The molecule has 1 heterocycles. The number of halogens is 5. The van der Waals surface area contributed by atoms with Crippen LogP contribution in [0.5, 0.6) is 0 Å². The molecule has 110 valence electrons. The zero-order valence-electron chi connectivity index (χ0n) is 10.6. The Morgan fingerprint density at radius 3 is 2.33 bits per heavy atom. The summed E-state index contributed by atoms with van der Waals surface area (Å²) in [6, 6.07) is 6.53. The largest absolute Gasteiger partial charge is 0.272 e. The Labute approximate surface area is 122 Å². The van der Waals surface area contributed by atoms with Gasteiger partial charge in [-0.25, -0.2) is 0 Å². The molecule has 0 aliphatic rings. The van der Waals surface area contributed by atoms with Gasteiger partial charge >= 0.3 is 0 Å². The van der Waals surface area contributed by atoms with Crippen LogP contribution < -0.4 is 5.43 Å². The lowest BCUT2D eigenvalue weighted by atomic mass is 10.1. The standard InChI is InChI=1S/C13H8ClF4N3/c1-6(7-3-2-4-8(14)5-7)20-21-11-9(15)12(17)19-13(18)10(11)16/h2-5H,1H3,(H,19,21)/b20-6-. The first kappa shape index (κ1) is 15.2. The van der Waals surface area contributed by atoms with Gasteiger partial charge in [-0.2, -0.15) is 27.6 Å². The SMILES string of the molecule is C/C(=N/Nc1c(F)c(F)nc(F)c1F)c1cccc(Cl)c1. The zero-order chi connectivity index (χ0) is 15.6. The van der Waals surface area contributed by atoms with Crippen LogP contribution in [0.25, 0.3) is 0 Å². The van der Waals surface area contributed by atoms with Gasteiger partial charge in [-0.15, -0.1) is 0 Å². The van der Waals surface area contributed by atoms with Crippen molar-refractivity contribution in [3.8, 4) is 0 Å². The Hall–Kier alpha value is -2.15. The lowest BCUT2D eigenvalue weighted by molar-refractivity contribution is 0.411. The van der Waals surface area contributed by atoms with Gasteiger partial charge in [0.1, 0.15) is 5.69 Å². The second kappa shape index (κ2) is 6.09. The molecule has 1 aromatic heterocycles. The van der Waals surface area contributed by atoms with Gasteiger partial charge in [-0.05, 0) is 24.6 Å². The fourth-order valence-corrected chi connectivity index (χ4v) is 1.69. The third-order valence-corrected chi connectivity index (χ3v) is 2.81. The fourth-order valence-electron chi connectivity index (χ4n) is 1.50. The minimum absolute atomic E-state index is 0.314. The molecule has 0 saturated heterocycles. The summed E-state index contributed by atoms with van der Waals surface area (Å²) in [5, 5.41) is 4.12. The van der Waals surface area contributed by atoms with Crippen LogP contribution in [0.4, 0.5) is 23.2 Å². The third-order valence-electron chi connectivity index (χ3n) is 2.58. The maximum absolute atomic E-state index is 13.4. The normalized spacial score (nSPS) is 11.6. The molecule has 0 aliphatic heterocycles. The van der Waals surface area contributed by atoms with Gasteiger partial charge in [-0.1, -0.05) is 23.7 Å². The highest BCUT2D eigenvalue weighted by Gasteiger charge is 2.20. The summed E-state index contributed by atoms with van der Waals surface area (Å²) in [6.07, 6.45) is 0. The van der Waals surface area contributed by atoms with Crippen LogP contribution in [0.2, 0.25) is 5.02 Å². The van der Waals surface area contributed by atoms with E-state index in [9.17, 15) is 17.6 Å². The molecule has 0 bridgehead atoms. The monoisotopic (exact) mass is 317 g/mol. The first-order chi connectivity index (χ1) is 9.90. The fraction of sp³-hybridized carbons (Fsp3) is 0.0769. The van der Waals surface area contributed by atoms with E-state index in [1.54, 1.807) is 24.3 Å². The van der Waals surface area contributed by atoms with Gasteiger partial charge in [0.25, 0.3) is 11.9 Å². The van der Waals surface area contributed by atoms with E-state index < -0.39 is 29.2 Å². The van der Waals surface area contributed by atoms with Crippen molar-refractivity contribution in [1.29, 1.82) is 0 Å². The van der Waals surface area contributed by atoms with Crippen LogP contribution in [-0.2, 0) is 0 Å². The highest BCUT2D eigenvalue weighted by molar-refractivity contribution is 6.31. The van der Waals surface area contributed by atoms with Crippen molar-refractivity contribution in [2.24, 2.45) is 5.10 Å². The number of rotatable bonds is 3. The molecule has 2 rings (SSSR count). The van der Waals surface area contributed by atoms with E-state index in [0.717, 1.165) is 0 Å². The topological polar surface area (TPSA) is 37.3 Å². The number of aromatic nitrogens is 1. The molecule has 0 unspecified atom stereocenters. The van der Waals surface area contributed by atoms with Crippen LogP contribution in [0.15, 0.2) is 29.4 Å². The van der Waals surface area contributed by atoms with Crippen molar-refractivity contribution in [1.82, 2.24) is 4.98 Å². The Kier molecular flexibility index (Phi) is 4.42. The quantitative estimate of drug-likeness (QED) is 0.400. The Balaban J connectivity index is 2.33. The van der Waals surface area contributed by atoms with Crippen molar-refractivity contribution in [2.45, 2.75) is 6.92 Å². The van der Waals surface area contributed by atoms with E-state index in [-0.39, 0.29) is 0 Å². The molecule has 1 N–H and O–H groups in total. The zero-order valence-corrected chi connectivity index (χ0v) is 11.3. The van der Waals surface area contributed by atoms with Gasteiger partial charge in [0, 0.05) is 5.02 Å². The molecule has 0 atom stereocenters.